The van der Waals surface area contributed by atoms with Gasteiger partial charge in [0.1, 0.15) is 0 Å². The molecule has 2 rings (SSSR count). The van der Waals surface area contributed by atoms with Crippen LogP contribution in [0, 0.1) is 5.41 Å². The van der Waals surface area contributed by atoms with Crippen molar-refractivity contribution in [2.45, 2.75) is 71.0 Å². The van der Waals surface area contributed by atoms with E-state index in [1.54, 1.807) is 0 Å². The van der Waals surface area contributed by atoms with E-state index in [1.807, 2.05) is 0 Å². The Labute approximate surface area is 124 Å². The van der Waals surface area contributed by atoms with E-state index in [4.69, 9.17) is 5.73 Å². The third kappa shape index (κ3) is 4.92. The van der Waals surface area contributed by atoms with Crippen LogP contribution in [-0.4, -0.2) is 12.1 Å². The van der Waals surface area contributed by atoms with Gasteiger partial charge in [-0.05, 0) is 36.7 Å². The van der Waals surface area contributed by atoms with Crippen LogP contribution in [0.5, 0.6) is 0 Å². The van der Waals surface area contributed by atoms with Crippen LogP contribution in [0.4, 0.5) is 0 Å². The molecule has 3 atom stereocenters. The molecule has 3 unspecified atom stereocenters. The Morgan fingerprint density at radius 3 is 2.50 bits per heavy atom. The minimum Gasteiger partial charge on any atom is -0.328 e. The fraction of sp³-hybridized carbons (Fsp3) is 0.667. The second kappa shape index (κ2) is 6.73. The Morgan fingerprint density at radius 1 is 1.20 bits per heavy atom. The third-order valence-electron chi connectivity index (χ3n) is 4.17. The summed E-state index contributed by atoms with van der Waals surface area (Å²) in [5, 5.41) is 3.88. The van der Waals surface area contributed by atoms with Crippen molar-refractivity contribution in [2.24, 2.45) is 11.1 Å². The van der Waals surface area contributed by atoms with Crippen molar-refractivity contribution < 1.29 is 0 Å². The molecule has 1 aliphatic carbocycles. The molecule has 0 spiro atoms. The molecule has 112 valence electrons. The Kier molecular flexibility index (Phi) is 5.22. The molecule has 20 heavy (non-hydrogen) atoms. The van der Waals surface area contributed by atoms with Crippen LogP contribution >= 0.6 is 0 Å². The quantitative estimate of drug-likeness (QED) is 0.870. The van der Waals surface area contributed by atoms with Gasteiger partial charge in [0.15, 0.2) is 0 Å². The zero-order valence-corrected chi connectivity index (χ0v) is 13.2. The number of hydrogen-bond acceptors (Lipinski definition) is 2. The molecule has 1 saturated carbocycles. The summed E-state index contributed by atoms with van der Waals surface area (Å²) in [5.74, 6) is 0. The van der Waals surface area contributed by atoms with Gasteiger partial charge in [-0.3, -0.25) is 0 Å². The molecule has 0 amide bonds. The van der Waals surface area contributed by atoms with Crippen molar-refractivity contribution in [3.05, 3.63) is 35.9 Å². The minimum absolute atomic E-state index is 0.324. The second-order valence-corrected chi connectivity index (χ2v) is 7.52. The highest BCUT2D eigenvalue weighted by Crippen LogP contribution is 2.31. The Hall–Kier alpha value is -0.860. The predicted octanol–water partition coefficient (Wildman–Crippen LogP) is 4.02. The highest BCUT2D eigenvalue weighted by Gasteiger charge is 2.25. The molecule has 0 saturated heterocycles. The molecular weight excluding hydrogens is 244 g/mol. The van der Waals surface area contributed by atoms with E-state index in [2.05, 4.69) is 56.4 Å². The average Bonchev–Trinajstić information content (AvgIpc) is 2.37. The number of rotatable bonds is 4. The summed E-state index contributed by atoms with van der Waals surface area (Å²) in [6, 6.07) is 12.2. The molecule has 1 aromatic carbocycles. The lowest BCUT2D eigenvalue weighted by Crippen LogP contribution is -2.41. The van der Waals surface area contributed by atoms with Crippen molar-refractivity contribution in [2.75, 3.05) is 0 Å². The molecule has 0 heterocycles. The van der Waals surface area contributed by atoms with E-state index in [9.17, 15) is 0 Å². The smallest absolute Gasteiger partial charge is 0.0327 e. The Bertz CT molecular complexity index is 394. The highest BCUT2D eigenvalue weighted by molar-refractivity contribution is 5.19. The number of hydrogen-bond donors (Lipinski definition) is 2. The summed E-state index contributed by atoms with van der Waals surface area (Å²) in [6.45, 7) is 6.95. The van der Waals surface area contributed by atoms with Gasteiger partial charge in [-0.1, -0.05) is 57.5 Å². The molecule has 1 aromatic rings. The van der Waals surface area contributed by atoms with Gasteiger partial charge < -0.3 is 11.1 Å². The van der Waals surface area contributed by atoms with Gasteiger partial charge in [0.2, 0.25) is 0 Å². The molecule has 2 nitrogen and oxygen atoms in total. The summed E-state index contributed by atoms with van der Waals surface area (Å²) in [6.07, 6.45) is 5.99. The first kappa shape index (κ1) is 15.5. The molecule has 3 N–H and O–H groups in total. The van der Waals surface area contributed by atoms with Crippen LogP contribution in [0.2, 0.25) is 0 Å². The van der Waals surface area contributed by atoms with Crippen molar-refractivity contribution in [3.63, 3.8) is 0 Å². The van der Waals surface area contributed by atoms with Crippen LogP contribution in [-0.2, 0) is 0 Å². The summed E-state index contributed by atoms with van der Waals surface area (Å²) in [4.78, 5) is 0. The van der Waals surface area contributed by atoms with Gasteiger partial charge in [0, 0.05) is 18.1 Å². The highest BCUT2D eigenvalue weighted by atomic mass is 15.0. The van der Waals surface area contributed by atoms with Gasteiger partial charge in [-0.25, -0.2) is 0 Å². The van der Waals surface area contributed by atoms with Gasteiger partial charge in [-0.2, -0.15) is 0 Å². The number of benzene rings is 1. The maximum atomic E-state index is 6.13. The summed E-state index contributed by atoms with van der Waals surface area (Å²) in [5.41, 5.74) is 7.85. The van der Waals surface area contributed by atoms with Crippen LogP contribution in [0.25, 0.3) is 0 Å². The lowest BCUT2D eigenvalue weighted by molar-refractivity contribution is 0.258. The van der Waals surface area contributed by atoms with Crippen molar-refractivity contribution >= 4 is 0 Å². The minimum atomic E-state index is 0.324. The van der Waals surface area contributed by atoms with Crippen molar-refractivity contribution in [3.8, 4) is 0 Å². The van der Waals surface area contributed by atoms with E-state index in [-0.39, 0.29) is 0 Å². The standard InChI is InChI=1S/C18H30N2/c1-18(2,3)13-17(14-8-5-4-6-9-14)20-16-11-7-10-15(19)12-16/h4-6,8-9,15-17,20H,7,10-13,19H2,1-3H3. The summed E-state index contributed by atoms with van der Waals surface area (Å²) < 4.78 is 0. The fourth-order valence-corrected chi connectivity index (χ4v) is 3.23. The van der Waals surface area contributed by atoms with Gasteiger partial charge in [-0.15, -0.1) is 0 Å². The molecule has 2 heteroatoms. The Balaban J connectivity index is 2.06. The SMILES string of the molecule is CC(C)(C)CC(NC1CCCC(N)C1)c1ccccc1. The first-order valence-electron chi connectivity index (χ1n) is 8.00. The molecular formula is C18H30N2. The molecule has 0 bridgehead atoms. The van der Waals surface area contributed by atoms with Crippen molar-refractivity contribution in [1.29, 1.82) is 0 Å². The largest absolute Gasteiger partial charge is 0.328 e. The van der Waals surface area contributed by atoms with Crippen LogP contribution in [0.15, 0.2) is 30.3 Å². The lowest BCUT2D eigenvalue weighted by atomic mass is 9.84. The first-order chi connectivity index (χ1) is 9.44. The lowest BCUT2D eigenvalue weighted by Gasteiger charge is -2.34. The molecule has 0 aromatic heterocycles. The normalized spacial score (nSPS) is 25.4. The van der Waals surface area contributed by atoms with Gasteiger partial charge in [0.25, 0.3) is 0 Å². The maximum Gasteiger partial charge on any atom is 0.0327 e. The summed E-state index contributed by atoms with van der Waals surface area (Å²) in [7, 11) is 0. The Morgan fingerprint density at radius 2 is 1.90 bits per heavy atom. The average molecular weight is 274 g/mol. The third-order valence-corrected chi connectivity index (χ3v) is 4.17. The van der Waals surface area contributed by atoms with Gasteiger partial charge >= 0.3 is 0 Å². The van der Waals surface area contributed by atoms with E-state index in [0.29, 0.717) is 23.5 Å². The van der Waals surface area contributed by atoms with Crippen molar-refractivity contribution in [1.82, 2.24) is 5.32 Å². The first-order valence-corrected chi connectivity index (χ1v) is 8.00. The zero-order chi connectivity index (χ0) is 14.6. The van der Waals surface area contributed by atoms with Crippen LogP contribution < -0.4 is 11.1 Å². The fourth-order valence-electron chi connectivity index (χ4n) is 3.23. The van der Waals surface area contributed by atoms with E-state index >= 15 is 0 Å². The molecule has 1 aliphatic rings. The molecule has 0 radical (unpaired) electrons. The summed E-state index contributed by atoms with van der Waals surface area (Å²) >= 11 is 0. The van der Waals surface area contributed by atoms with Crippen LogP contribution in [0.1, 0.15) is 64.5 Å². The van der Waals surface area contributed by atoms with E-state index in [1.165, 1.54) is 24.8 Å². The van der Waals surface area contributed by atoms with E-state index < -0.39 is 0 Å². The topological polar surface area (TPSA) is 38.0 Å². The number of nitrogens with one attached hydrogen (secondary N) is 1. The predicted molar refractivity (Wildman–Crippen MR) is 86.6 cm³/mol. The van der Waals surface area contributed by atoms with Crippen LogP contribution in [0.3, 0.4) is 0 Å². The number of nitrogens with two attached hydrogens (primary N) is 1. The molecule has 1 fully saturated rings. The maximum absolute atomic E-state index is 6.13. The second-order valence-electron chi connectivity index (χ2n) is 7.52. The van der Waals surface area contributed by atoms with E-state index in [0.717, 1.165) is 12.8 Å². The zero-order valence-electron chi connectivity index (χ0n) is 13.2. The van der Waals surface area contributed by atoms with Gasteiger partial charge in [0.05, 0.1) is 0 Å². The monoisotopic (exact) mass is 274 g/mol. The molecule has 0 aliphatic heterocycles.